The SMILES string of the molecule is NC(=O)c1cccc(Nc2ncc(-c3ccccc3)cn2)c1CCc1cccc(F)c1. The molecule has 5 nitrogen and oxygen atoms in total. The lowest BCUT2D eigenvalue weighted by Gasteiger charge is -2.14. The maximum Gasteiger partial charge on any atom is 0.249 e. The summed E-state index contributed by atoms with van der Waals surface area (Å²) in [5, 5.41) is 3.19. The molecule has 0 bridgehead atoms. The van der Waals surface area contributed by atoms with Gasteiger partial charge >= 0.3 is 0 Å². The molecule has 4 rings (SSSR count). The second-order valence-corrected chi connectivity index (χ2v) is 7.11. The number of nitrogens with two attached hydrogens (primary N) is 1. The van der Waals surface area contributed by atoms with Gasteiger partial charge in [0, 0.05) is 29.2 Å². The van der Waals surface area contributed by atoms with Gasteiger partial charge in [0.05, 0.1) is 0 Å². The number of amides is 1. The zero-order chi connectivity index (χ0) is 21.6. The quantitative estimate of drug-likeness (QED) is 0.452. The lowest BCUT2D eigenvalue weighted by atomic mass is 9.97. The fourth-order valence-corrected chi connectivity index (χ4v) is 3.46. The van der Waals surface area contributed by atoms with Crippen LogP contribution in [-0.2, 0) is 12.8 Å². The third kappa shape index (κ3) is 4.93. The first kappa shape index (κ1) is 20.2. The molecular weight excluding hydrogens is 391 g/mol. The summed E-state index contributed by atoms with van der Waals surface area (Å²) in [7, 11) is 0. The molecule has 1 heterocycles. The van der Waals surface area contributed by atoms with Gasteiger partial charge in [-0.15, -0.1) is 0 Å². The van der Waals surface area contributed by atoms with E-state index in [9.17, 15) is 9.18 Å². The molecule has 3 N–H and O–H groups in total. The Bertz CT molecular complexity index is 1190. The number of aryl methyl sites for hydroxylation is 1. The van der Waals surface area contributed by atoms with Crippen molar-refractivity contribution in [1.29, 1.82) is 0 Å². The van der Waals surface area contributed by atoms with Crippen molar-refractivity contribution in [2.24, 2.45) is 5.73 Å². The van der Waals surface area contributed by atoms with E-state index in [0.717, 1.165) is 22.3 Å². The van der Waals surface area contributed by atoms with Crippen LogP contribution < -0.4 is 11.1 Å². The molecule has 0 aliphatic heterocycles. The first-order chi connectivity index (χ1) is 15.1. The summed E-state index contributed by atoms with van der Waals surface area (Å²) in [5.41, 5.74) is 10.2. The minimum Gasteiger partial charge on any atom is -0.366 e. The molecule has 4 aromatic rings. The van der Waals surface area contributed by atoms with Gasteiger partial charge in [0.1, 0.15) is 5.82 Å². The Morgan fingerprint density at radius 1 is 0.871 bits per heavy atom. The molecule has 0 aliphatic rings. The van der Waals surface area contributed by atoms with Crippen LogP contribution >= 0.6 is 0 Å². The molecule has 0 saturated carbocycles. The van der Waals surface area contributed by atoms with Crippen molar-refractivity contribution in [3.8, 4) is 11.1 Å². The highest BCUT2D eigenvalue weighted by molar-refractivity contribution is 5.96. The van der Waals surface area contributed by atoms with E-state index in [1.54, 1.807) is 30.6 Å². The number of rotatable bonds is 7. The van der Waals surface area contributed by atoms with E-state index in [4.69, 9.17) is 5.73 Å². The molecule has 0 fully saturated rings. The molecule has 6 heteroatoms. The zero-order valence-electron chi connectivity index (χ0n) is 16.8. The topological polar surface area (TPSA) is 80.9 Å². The van der Waals surface area contributed by atoms with Crippen molar-refractivity contribution in [2.75, 3.05) is 5.32 Å². The fraction of sp³-hybridized carbons (Fsp3) is 0.0800. The van der Waals surface area contributed by atoms with Crippen molar-refractivity contribution >= 4 is 17.5 Å². The molecule has 0 unspecified atom stereocenters. The van der Waals surface area contributed by atoms with Gasteiger partial charge in [-0.05, 0) is 53.8 Å². The second kappa shape index (κ2) is 9.17. The summed E-state index contributed by atoms with van der Waals surface area (Å²) in [6, 6.07) is 21.6. The van der Waals surface area contributed by atoms with Crippen molar-refractivity contribution < 1.29 is 9.18 Å². The van der Waals surface area contributed by atoms with Crippen LogP contribution in [0.3, 0.4) is 0 Å². The zero-order valence-corrected chi connectivity index (χ0v) is 16.8. The summed E-state index contributed by atoms with van der Waals surface area (Å²) < 4.78 is 13.5. The van der Waals surface area contributed by atoms with Gasteiger partial charge in [-0.1, -0.05) is 48.5 Å². The predicted molar refractivity (Wildman–Crippen MR) is 120 cm³/mol. The maximum atomic E-state index is 13.5. The minimum absolute atomic E-state index is 0.286. The molecule has 0 spiro atoms. The van der Waals surface area contributed by atoms with Gasteiger partial charge in [0.15, 0.2) is 0 Å². The molecule has 154 valence electrons. The molecule has 0 aliphatic carbocycles. The Labute approximate surface area is 179 Å². The molecule has 0 saturated heterocycles. The first-order valence-corrected chi connectivity index (χ1v) is 9.91. The van der Waals surface area contributed by atoms with Crippen LogP contribution in [0, 0.1) is 5.82 Å². The van der Waals surface area contributed by atoms with Crippen molar-refractivity contribution in [3.63, 3.8) is 0 Å². The third-order valence-corrected chi connectivity index (χ3v) is 5.00. The van der Waals surface area contributed by atoms with Gasteiger partial charge in [-0.3, -0.25) is 4.79 Å². The molecule has 0 atom stereocenters. The number of halogens is 1. The number of carbonyl (C=O) groups excluding carboxylic acids is 1. The number of primary amides is 1. The van der Waals surface area contributed by atoms with Gasteiger partial charge in [-0.2, -0.15) is 0 Å². The third-order valence-electron chi connectivity index (χ3n) is 5.00. The van der Waals surface area contributed by atoms with E-state index in [-0.39, 0.29) is 5.82 Å². The Morgan fingerprint density at radius 2 is 1.61 bits per heavy atom. The van der Waals surface area contributed by atoms with Crippen LogP contribution in [0.1, 0.15) is 21.5 Å². The Hall–Kier alpha value is -4.06. The molecule has 31 heavy (non-hydrogen) atoms. The smallest absolute Gasteiger partial charge is 0.249 e. The number of benzene rings is 3. The van der Waals surface area contributed by atoms with Crippen LogP contribution in [0.2, 0.25) is 0 Å². The molecule has 0 radical (unpaired) electrons. The largest absolute Gasteiger partial charge is 0.366 e. The lowest BCUT2D eigenvalue weighted by molar-refractivity contribution is 0.0999. The highest BCUT2D eigenvalue weighted by atomic mass is 19.1. The van der Waals surface area contributed by atoms with E-state index >= 15 is 0 Å². The number of nitrogens with one attached hydrogen (secondary N) is 1. The second-order valence-electron chi connectivity index (χ2n) is 7.11. The van der Waals surface area contributed by atoms with E-state index in [0.29, 0.717) is 30.0 Å². The normalized spacial score (nSPS) is 10.6. The summed E-state index contributed by atoms with van der Waals surface area (Å²) in [6.45, 7) is 0. The fourth-order valence-electron chi connectivity index (χ4n) is 3.46. The van der Waals surface area contributed by atoms with Gasteiger partial charge < -0.3 is 11.1 Å². The van der Waals surface area contributed by atoms with Gasteiger partial charge in [-0.25, -0.2) is 14.4 Å². The number of aromatic nitrogens is 2. The first-order valence-electron chi connectivity index (χ1n) is 9.91. The molecular formula is C25H21FN4O. The predicted octanol–water partition coefficient (Wildman–Crippen LogP) is 4.91. The summed E-state index contributed by atoms with van der Waals surface area (Å²) in [6.07, 6.45) is 4.56. The number of hydrogen-bond donors (Lipinski definition) is 2. The van der Waals surface area contributed by atoms with Crippen LogP contribution in [0.5, 0.6) is 0 Å². The van der Waals surface area contributed by atoms with Crippen LogP contribution in [-0.4, -0.2) is 15.9 Å². The lowest BCUT2D eigenvalue weighted by Crippen LogP contribution is -2.15. The number of anilines is 2. The van der Waals surface area contributed by atoms with Gasteiger partial charge in [0.25, 0.3) is 0 Å². The Morgan fingerprint density at radius 3 is 2.32 bits per heavy atom. The maximum absolute atomic E-state index is 13.5. The average Bonchev–Trinajstić information content (AvgIpc) is 2.79. The number of nitrogens with zero attached hydrogens (tertiary/aromatic N) is 2. The number of hydrogen-bond acceptors (Lipinski definition) is 4. The summed E-state index contributed by atoms with van der Waals surface area (Å²) >= 11 is 0. The molecule has 1 amide bonds. The minimum atomic E-state index is -0.516. The Kier molecular flexibility index (Phi) is 5.98. The Balaban J connectivity index is 1.59. The summed E-state index contributed by atoms with van der Waals surface area (Å²) in [4.78, 5) is 20.8. The highest BCUT2D eigenvalue weighted by Crippen LogP contribution is 2.25. The summed E-state index contributed by atoms with van der Waals surface area (Å²) in [5.74, 6) is -0.391. The van der Waals surface area contributed by atoms with Crippen molar-refractivity contribution in [3.05, 3.63) is 108 Å². The van der Waals surface area contributed by atoms with E-state index in [2.05, 4.69) is 15.3 Å². The van der Waals surface area contributed by atoms with Crippen LogP contribution in [0.25, 0.3) is 11.1 Å². The number of carbonyl (C=O) groups is 1. The van der Waals surface area contributed by atoms with Crippen LogP contribution in [0.4, 0.5) is 16.0 Å². The highest BCUT2D eigenvalue weighted by Gasteiger charge is 2.14. The van der Waals surface area contributed by atoms with Crippen molar-refractivity contribution in [2.45, 2.75) is 12.8 Å². The van der Waals surface area contributed by atoms with Gasteiger partial charge in [0.2, 0.25) is 11.9 Å². The van der Waals surface area contributed by atoms with Crippen molar-refractivity contribution in [1.82, 2.24) is 9.97 Å². The van der Waals surface area contributed by atoms with E-state index in [1.165, 1.54) is 12.1 Å². The van der Waals surface area contributed by atoms with E-state index in [1.807, 2.05) is 42.5 Å². The van der Waals surface area contributed by atoms with E-state index < -0.39 is 5.91 Å². The standard InChI is InChI=1S/C25H21FN4O/c26-20-9-4-6-17(14-20)12-13-21-22(24(27)31)10-5-11-23(21)30-25-28-15-19(16-29-25)18-7-2-1-3-8-18/h1-11,14-16H,12-13H2,(H2,27,31)(H,28,29,30). The average molecular weight is 412 g/mol. The molecule has 3 aromatic carbocycles. The van der Waals surface area contributed by atoms with Crippen LogP contribution in [0.15, 0.2) is 85.2 Å². The monoisotopic (exact) mass is 412 g/mol. The molecule has 1 aromatic heterocycles.